The molecule has 2 aromatic carbocycles. The van der Waals surface area contributed by atoms with Crippen molar-refractivity contribution < 1.29 is 21.9 Å². The fourth-order valence-electron chi connectivity index (χ4n) is 3.39. The van der Waals surface area contributed by atoms with Crippen LogP contribution in [0.5, 0.6) is 0 Å². The van der Waals surface area contributed by atoms with Gasteiger partial charge < -0.3 is 0 Å². The lowest BCUT2D eigenvalue weighted by molar-refractivity contribution is 0.0647. The monoisotopic (exact) mass is 364 g/mol. The topological polar surface area (TPSA) is 74.8 Å². The first-order chi connectivity index (χ1) is 13.8. The molecule has 0 fully saturated rings. The Morgan fingerprint density at radius 3 is 1.19 bits per heavy atom. The Labute approximate surface area is 159 Å². The molecule has 0 saturated heterocycles. The summed E-state index contributed by atoms with van der Waals surface area (Å²) in [5, 5.41) is 0. The van der Waals surface area contributed by atoms with Crippen LogP contribution in [0.25, 0.3) is 0 Å². The molecule has 0 saturated carbocycles. The van der Waals surface area contributed by atoms with E-state index in [0.717, 1.165) is 9.80 Å². The number of imide groups is 2. The molecule has 0 aromatic heterocycles. The van der Waals surface area contributed by atoms with Crippen molar-refractivity contribution in [1.82, 2.24) is 9.80 Å². The number of nitrogens with zero attached hydrogens (tertiary/aromatic N) is 2. The molecule has 2 heterocycles. The highest BCUT2D eigenvalue weighted by Crippen LogP contribution is 2.24. The van der Waals surface area contributed by atoms with Crippen LogP contribution in [0.15, 0.2) is 48.5 Å². The maximum absolute atomic E-state index is 12.4. The zero-order valence-electron chi connectivity index (χ0n) is 16.5. The van der Waals surface area contributed by atoms with Crippen LogP contribution in [0.4, 0.5) is 0 Å². The Hall–Kier alpha value is -3.28. The summed E-state index contributed by atoms with van der Waals surface area (Å²) in [5.41, 5.74) is 1.29. The van der Waals surface area contributed by atoms with Crippen molar-refractivity contribution >= 4 is 23.6 Å². The maximum Gasteiger partial charge on any atom is 0.261 e. The van der Waals surface area contributed by atoms with Crippen molar-refractivity contribution in [2.75, 3.05) is 13.1 Å². The Kier molecular flexibility index (Phi) is 3.74. The molecule has 2 aromatic rings. The molecular formula is C21H18N2O4. The Bertz CT molecular complexity index is 899. The van der Waals surface area contributed by atoms with Gasteiger partial charge in [-0.25, -0.2) is 0 Å². The molecule has 0 aliphatic carbocycles. The number of benzene rings is 2. The van der Waals surface area contributed by atoms with E-state index in [1.54, 1.807) is 48.5 Å². The number of fused-ring (bicyclic) bond motifs is 2. The van der Waals surface area contributed by atoms with Crippen LogP contribution < -0.4 is 0 Å². The molecule has 0 N–H and O–H groups in total. The molecule has 4 rings (SSSR count). The van der Waals surface area contributed by atoms with Gasteiger partial charge in [-0.2, -0.15) is 0 Å². The summed E-state index contributed by atoms with van der Waals surface area (Å²) < 4.78 is 16.4. The van der Waals surface area contributed by atoms with Gasteiger partial charge in [0.1, 0.15) is 0 Å². The maximum atomic E-state index is 12.4. The number of rotatable bonds is 6. The molecule has 6 heteroatoms. The van der Waals surface area contributed by atoms with Gasteiger partial charge in [0.05, 0.1) is 22.3 Å². The van der Waals surface area contributed by atoms with E-state index in [9.17, 15) is 19.2 Å². The minimum absolute atomic E-state index is 0.0680. The first-order valence-electron chi connectivity index (χ1n) is 9.71. The number of carbonyl (C=O) groups is 4. The van der Waals surface area contributed by atoms with E-state index in [1.807, 2.05) is 0 Å². The van der Waals surface area contributed by atoms with E-state index in [4.69, 9.17) is 2.74 Å². The average Bonchev–Trinajstić information content (AvgIpc) is 3.10. The molecule has 0 bridgehead atoms. The molecule has 0 atom stereocenters. The number of hydrogen-bond donors (Lipinski definition) is 0. The molecule has 4 amide bonds. The lowest BCUT2D eigenvalue weighted by Gasteiger charge is -2.15. The summed E-state index contributed by atoms with van der Waals surface area (Å²) >= 11 is 0. The van der Waals surface area contributed by atoms with E-state index in [2.05, 4.69) is 0 Å². The van der Waals surface area contributed by atoms with Crippen molar-refractivity contribution in [3.05, 3.63) is 70.8 Å². The van der Waals surface area contributed by atoms with Crippen LogP contribution in [0, 0.1) is 0 Å². The van der Waals surface area contributed by atoms with Crippen molar-refractivity contribution in [3.8, 4) is 0 Å². The highest BCUT2D eigenvalue weighted by atomic mass is 16.2. The molecule has 27 heavy (non-hydrogen) atoms. The summed E-state index contributed by atoms with van der Waals surface area (Å²) in [4.78, 5) is 51.6. The Morgan fingerprint density at radius 1 is 0.593 bits per heavy atom. The predicted octanol–water partition coefficient (Wildman–Crippen LogP) is 2.75. The van der Waals surface area contributed by atoms with Gasteiger partial charge in [0.15, 0.2) is 0 Å². The molecule has 0 radical (unpaired) electrons. The second kappa shape index (κ2) is 6.79. The molecule has 0 unspecified atom stereocenters. The van der Waals surface area contributed by atoms with Gasteiger partial charge in [-0.1, -0.05) is 24.3 Å². The van der Waals surface area contributed by atoms with Gasteiger partial charge in [0, 0.05) is 15.8 Å². The highest BCUT2D eigenvalue weighted by Gasteiger charge is 2.35. The lowest BCUT2D eigenvalue weighted by atomic mass is 10.1. The van der Waals surface area contributed by atoms with Crippen LogP contribution in [0.1, 0.15) is 63.4 Å². The van der Waals surface area contributed by atoms with E-state index >= 15 is 0 Å². The van der Waals surface area contributed by atoms with Gasteiger partial charge in [0.2, 0.25) is 0 Å². The first-order valence-corrected chi connectivity index (χ1v) is 8.71. The number of hydrogen-bond acceptors (Lipinski definition) is 4. The molecule has 2 aliphatic rings. The second-order valence-corrected chi connectivity index (χ2v) is 6.37. The largest absolute Gasteiger partial charge is 0.274 e. The smallest absolute Gasteiger partial charge is 0.261 e. The minimum Gasteiger partial charge on any atom is -0.274 e. The predicted molar refractivity (Wildman–Crippen MR) is 97.5 cm³/mol. The normalized spacial score (nSPS) is 17.2. The average molecular weight is 364 g/mol. The van der Waals surface area contributed by atoms with Gasteiger partial charge >= 0.3 is 0 Å². The lowest BCUT2D eigenvalue weighted by Crippen LogP contribution is -2.32. The van der Waals surface area contributed by atoms with Crippen molar-refractivity contribution in [3.63, 3.8) is 0 Å². The van der Waals surface area contributed by atoms with E-state index in [-0.39, 0.29) is 25.9 Å². The van der Waals surface area contributed by atoms with E-state index in [0.29, 0.717) is 22.3 Å². The Balaban J connectivity index is 1.37. The van der Waals surface area contributed by atoms with Gasteiger partial charge in [-0.3, -0.25) is 29.0 Å². The molecule has 2 aliphatic heterocycles. The molecule has 136 valence electrons. The second-order valence-electron chi connectivity index (χ2n) is 6.37. The van der Waals surface area contributed by atoms with Crippen LogP contribution >= 0.6 is 0 Å². The van der Waals surface area contributed by atoms with Crippen molar-refractivity contribution in [1.29, 1.82) is 0 Å². The zero-order chi connectivity index (χ0) is 20.8. The van der Waals surface area contributed by atoms with Gasteiger partial charge in [0.25, 0.3) is 23.6 Å². The first kappa shape index (κ1) is 14.8. The SMILES string of the molecule is [2H]C([2H])(CCN1C(=O)c2ccccc2C1=O)CCN1C(=O)c2ccccc2C1=O. The van der Waals surface area contributed by atoms with Crippen molar-refractivity contribution in [2.45, 2.75) is 19.2 Å². The highest BCUT2D eigenvalue weighted by molar-refractivity contribution is 6.22. The fourth-order valence-corrected chi connectivity index (χ4v) is 3.39. The van der Waals surface area contributed by atoms with Gasteiger partial charge in [-0.05, 0) is 43.5 Å². The van der Waals surface area contributed by atoms with Crippen LogP contribution in [-0.4, -0.2) is 46.5 Å². The minimum atomic E-state index is -1.76. The van der Waals surface area contributed by atoms with E-state index < -0.39 is 30.0 Å². The summed E-state index contributed by atoms with van der Waals surface area (Å²) in [6.07, 6.45) is -1.92. The number of amides is 4. The van der Waals surface area contributed by atoms with E-state index in [1.165, 1.54) is 0 Å². The van der Waals surface area contributed by atoms with Crippen LogP contribution in [0.3, 0.4) is 0 Å². The third kappa shape index (κ3) is 2.83. The van der Waals surface area contributed by atoms with Crippen molar-refractivity contribution in [2.24, 2.45) is 0 Å². The van der Waals surface area contributed by atoms with Gasteiger partial charge in [-0.15, -0.1) is 0 Å². The van der Waals surface area contributed by atoms with Crippen LogP contribution in [-0.2, 0) is 0 Å². The molecular weight excluding hydrogens is 344 g/mol. The summed E-state index contributed by atoms with van der Waals surface area (Å²) in [5.74, 6) is -1.72. The number of carbonyl (C=O) groups excluding carboxylic acids is 4. The summed E-state index contributed by atoms with van der Waals surface area (Å²) in [6, 6.07) is 13.0. The zero-order valence-corrected chi connectivity index (χ0v) is 14.5. The molecule has 0 spiro atoms. The third-order valence-corrected chi connectivity index (χ3v) is 4.78. The Morgan fingerprint density at radius 2 is 0.889 bits per heavy atom. The molecule has 6 nitrogen and oxygen atoms in total. The quantitative estimate of drug-likeness (QED) is 0.739. The van der Waals surface area contributed by atoms with Crippen LogP contribution in [0.2, 0.25) is 0 Å². The summed E-state index contributed by atoms with van der Waals surface area (Å²) in [6.45, 7) is -0.136. The fraction of sp³-hybridized carbons (Fsp3) is 0.238. The standard InChI is InChI=1S/C21H18N2O4/c24-18-14-8-2-3-9-15(14)19(25)22(18)12-6-1-7-13-23-20(26)16-10-4-5-11-17(16)21(23)27/h2-5,8-11H,1,6-7,12-13H2/i1D2. The summed E-state index contributed by atoms with van der Waals surface area (Å²) in [7, 11) is 0. The third-order valence-electron chi connectivity index (χ3n) is 4.78.